The van der Waals surface area contributed by atoms with Crippen molar-refractivity contribution in [1.82, 2.24) is 24.9 Å². The van der Waals surface area contributed by atoms with Crippen molar-refractivity contribution in [2.45, 2.75) is 26.4 Å². The van der Waals surface area contributed by atoms with E-state index in [-0.39, 0.29) is 11.9 Å². The number of ether oxygens (including phenoxy) is 1. The van der Waals surface area contributed by atoms with E-state index in [2.05, 4.69) is 15.3 Å². The number of esters is 1. The number of methoxy groups -OCH3 is 1. The topological polar surface area (TPSA) is 93.1 Å². The molecule has 3 heterocycles. The third-order valence-electron chi connectivity index (χ3n) is 5.74. The maximum absolute atomic E-state index is 13.2. The summed E-state index contributed by atoms with van der Waals surface area (Å²) in [5, 5.41) is 9.24. The maximum Gasteiger partial charge on any atom is 0.337 e. The molecule has 0 spiro atoms. The van der Waals surface area contributed by atoms with E-state index in [0.29, 0.717) is 24.2 Å². The zero-order chi connectivity index (χ0) is 20.8. The first-order chi connectivity index (χ1) is 14.6. The summed E-state index contributed by atoms with van der Waals surface area (Å²) < 4.78 is 6.65. The van der Waals surface area contributed by atoms with Gasteiger partial charge in [0.05, 0.1) is 18.2 Å². The number of H-pyrrole nitrogens is 1. The molecule has 0 fully saturated rings. The van der Waals surface area contributed by atoms with Crippen LogP contribution in [0.2, 0.25) is 0 Å². The molecule has 0 saturated heterocycles. The number of nitrogens with zero attached hydrogens (tertiary/aromatic N) is 4. The summed E-state index contributed by atoms with van der Waals surface area (Å²) in [6.45, 7) is 3.85. The third kappa shape index (κ3) is 2.83. The Balaban J connectivity index is 1.47. The summed E-state index contributed by atoms with van der Waals surface area (Å²) in [6.07, 6.45) is 0.734. The Morgan fingerprint density at radius 2 is 2.00 bits per heavy atom. The van der Waals surface area contributed by atoms with Crippen molar-refractivity contribution in [3.63, 3.8) is 0 Å². The quantitative estimate of drug-likeness (QED) is 0.531. The van der Waals surface area contributed by atoms with Gasteiger partial charge in [0.1, 0.15) is 5.52 Å². The second-order valence-electron chi connectivity index (χ2n) is 7.42. The fourth-order valence-corrected chi connectivity index (χ4v) is 4.15. The predicted molar refractivity (Wildman–Crippen MR) is 111 cm³/mol. The lowest BCUT2D eigenvalue weighted by Gasteiger charge is -2.27. The van der Waals surface area contributed by atoms with Gasteiger partial charge >= 0.3 is 5.97 Å². The van der Waals surface area contributed by atoms with Crippen LogP contribution in [0.15, 0.2) is 36.4 Å². The monoisotopic (exact) mass is 403 g/mol. The summed E-state index contributed by atoms with van der Waals surface area (Å²) in [5.41, 5.74) is 5.85. The molecular weight excluding hydrogens is 382 g/mol. The van der Waals surface area contributed by atoms with E-state index in [9.17, 15) is 9.59 Å². The van der Waals surface area contributed by atoms with Crippen LogP contribution >= 0.6 is 0 Å². The van der Waals surface area contributed by atoms with Crippen molar-refractivity contribution in [2.75, 3.05) is 13.7 Å². The zero-order valence-corrected chi connectivity index (χ0v) is 16.8. The van der Waals surface area contributed by atoms with E-state index >= 15 is 0 Å². The van der Waals surface area contributed by atoms with Crippen molar-refractivity contribution >= 4 is 33.8 Å². The Morgan fingerprint density at radius 3 is 2.80 bits per heavy atom. The molecule has 8 heteroatoms. The summed E-state index contributed by atoms with van der Waals surface area (Å²) >= 11 is 0. The molecule has 0 radical (unpaired) electrons. The molecule has 152 valence electrons. The first-order valence-corrected chi connectivity index (χ1v) is 9.93. The van der Waals surface area contributed by atoms with Crippen molar-refractivity contribution in [3.8, 4) is 0 Å². The van der Waals surface area contributed by atoms with Crippen LogP contribution in [0.4, 0.5) is 0 Å². The van der Waals surface area contributed by atoms with Gasteiger partial charge in [0.25, 0.3) is 5.91 Å². The van der Waals surface area contributed by atoms with Crippen molar-refractivity contribution in [1.29, 1.82) is 0 Å². The fraction of sp³-hybridized carbons (Fsp3) is 0.273. The molecule has 1 aliphatic heterocycles. The Hall–Kier alpha value is -3.68. The van der Waals surface area contributed by atoms with Gasteiger partial charge < -0.3 is 14.6 Å². The third-order valence-corrected chi connectivity index (χ3v) is 5.74. The number of carbonyl (C=O) groups excluding carboxylic acids is 2. The van der Waals surface area contributed by atoms with Gasteiger partial charge in [0.15, 0.2) is 0 Å². The second-order valence-corrected chi connectivity index (χ2v) is 7.42. The number of hydrogen-bond donors (Lipinski definition) is 1. The van der Waals surface area contributed by atoms with E-state index in [1.807, 2.05) is 40.8 Å². The van der Waals surface area contributed by atoms with Gasteiger partial charge in [-0.1, -0.05) is 5.21 Å². The smallest absolute Gasteiger partial charge is 0.337 e. The lowest BCUT2D eigenvalue weighted by atomic mass is 10.0. The summed E-state index contributed by atoms with van der Waals surface area (Å²) in [4.78, 5) is 30.4. The van der Waals surface area contributed by atoms with Crippen molar-refractivity contribution < 1.29 is 14.3 Å². The summed E-state index contributed by atoms with van der Waals surface area (Å²) in [6, 6.07) is 11.0. The Kier molecular flexibility index (Phi) is 4.27. The molecule has 0 aliphatic carbocycles. The molecule has 1 amide bonds. The number of fused-ring (bicyclic) bond motifs is 4. The maximum atomic E-state index is 13.2. The number of aromatic nitrogens is 4. The number of carbonyl (C=O) groups is 2. The number of aryl methyl sites for hydroxylation is 1. The second kappa shape index (κ2) is 6.98. The molecule has 1 N–H and O–H groups in total. The molecule has 0 bridgehead atoms. The van der Waals surface area contributed by atoms with Gasteiger partial charge in [-0.15, -0.1) is 5.10 Å². The highest BCUT2D eigenvalue weighted by molar-refractivity contribution is 5.99. The Labute approximate surface area is 172 Å². The minimum absolute atomic E-state index is 0.0351. The molecule has 0 saturated carbocycles. The van der Waals surface area contributed by atoms with Gasteiger partial charge in [0, 0.05) is 53.8 Å². The number of rotatable bonds is 3. The normalized spacial score (nSPS) is 13.6. The summed E-state index contributed by atoms with van der Waals surface area (Å²) in [7, 11) is 1.37. The van der Waals surface area contributed by atoms with Crippen LogP contribution in [0.5, 0.6) is 0 Å². The number of hydrogen-bond acceptors (Lipinski definition) is 5. The molecule has 2 aromatic heterocycles. The van der Waals surface area contributed by atoms with E-state index < -0.39 is 0 Å². The number of benzene rings is 2. The van der Waals surface area contributed by atoms with E-state index in [4.69, 9.17) is 4.74 Å². The van der Waals surface area contributed by atoms with Gasteiger partial charge in [-0.3, -0.25) is 4.79 Å². The van der Waals surface area contributed by atoms with E-state index in [1.165, 1.54) is 7.11 Å². The highest BCUT2D eigenvalue weighted by Gasteiger charge is 2.25. The highest BCUT2D eigenvalue weighted by atomic mass is 16.5. The van der Waals surface area contributed by atoms with Crippen LogP contribution in [0.3, 0.4) is 0 Å². The van der Waals surface area contributed by atoms with E-state index in [1.54, 1.807) is 12.1 Å². The number of nitrogens with one attached hydrogen (secondary N) is 1. The van der Waals surface area contributed by atoms with Gasteiger partial charge in [-0.05, 0) is 43.3 Å². The average Bonchev–Trinajstić information content (AvgIpc) is 3.37. The molecule has 1 aliphatic rings. The first kappa shape index (κ1) is 18.4. The predicted octanol–water partition coefficient (Wildman–Crippen LogP) is 2.92. The molecule has 30 heavy (non-hydrogen) atoms. The molecule has 0 unspecified atom stereocenters. The minimum Gasteiger partial charge on any atom is -0.465 e. The van der Waals surface area contributed by atoms with Crippen LogP contribution < -0.4 is 0 Å². The zero-order valence-electron chi connectivity index (χ0n) is 16.8. The average molecular weight is 403 g/mol. The molecular formula is C22H21N5O3. The fourth-order valence-electron chi connectivity index (χ4n) is 4.15. The van der Waals surface area contributed by atoms with Crippen LogP contribution in [-0.4, -0.2) is 50.4 Å². The Bertz CT molecular complexity index is 1300. The van der Waals surface area contributed by atoms with Gasteiger partial charge in [0.2, 0.25) is 0 Å². The molecule has 2 aromatic carbocycles. The molecule has 4 aromatic rings. The van der Waals surface area contributed by atoms with Crippen LogP contribution in [-0.2, 0) is 24.2 Å². The summed E-state index contributed by atoms with van der Waals surface area (Å²) in [5.74, 6) is -0.406. The highest BCUT2D eigenvalue weighted by Crippen LogP contribution is 2.29. The number of amides is 1. The van der Waals surface area contributed by atoms with Crippen molar-refractivity contribution in [3.05, 3.63) is 58.8 Å². The Morgan fingerprint density at radius 1 is 1.17 bits per heavy atom. The number of aromatic amines is 1. The SMILES string of the molecule is CCn1nnc2cc(C(=O)N3CCc4[nH]c5ccc(C(=O)OC)cc5c4C3)ccc21. The molecule has 8 nitrogen and oxygen atoms in total. The largest absolute Gasteiger partial charge is 0.465 e. The van der Waals surface area contributed by atoms with Crippen LogP contribution in [0.25, 0.3) is 21.9 Å². The molecule has 5 rings (SSSR count). The van der Waals surface area contributed by atoms with Gasteiger partial charge in [-0.25, -0.2) is 9.48 Å². The van der Waals surface area contributed by atoms with Crippen LogP contribution in [0, 0.1) is 0 Å². The lowest BCUT2D eigenvalue weighted by molar-refractivity contribution is 0.0600. The van der Waals surface area contributed by atoms with Gasteiger partial charge in [-0.2, -0.15) is 0 Å². The standard InChI is InChI=1S/C22H21N5O3/c1-3-27-20-7-5-13(11-19(20)24-25-27)21(28)26-9-8-18-16(12-26)15-10-14(22(29)30-2)4-6-17(15)23-18/h4-7,10-11,23H,3,8-9,12H2,1-2H3. The van der Waals surface area contributed by atoms with Crippen molar-refractivity contribution in [2.24, 2.45) is 0 Å². The van der Waals surface area contributed by atoms with Crippen LogP contribution in [0.1, 0.15) is 38.9 Å². The van der Waals surface area contributed by atoms with E-state index in [0.717, 1.165) is 46.2 Å². The minimum atomic E-state index is -0.371. The molecule has 0 atom stereocenters. The first-order valence-electron chi connectivity index (χ1n) is 9.93. The lowest BCUT2D eigenvalue weighted by Crippen LogP contribution is -2.35.